The SMILES string of the molecule is Cc1cc(CF)cc(COC[C@@H]2CN(C#N)CC[C@H]2c2ccc(F)cc2)c1. The summed E-state index contributed by atoms with van der Waals surface area (Å²) in [7, 11) is 0. The van der Waals surface area contributed by atoms with Crippen molar-refractivity contribution in [2.24, 2.45) is 5.92 Å². The first-order valence-electron chi connectivity index (χ1n) is 9.22. The molecule has 0 saturated carbocycles. The number of hydrogen-bond donors (Lipinski definition) is 0. The molecule has 1 aliphatic rings. The van der Waals surface area contributed by atoms with Crippen molar-refractivity contribution in [2.45, 2.75) is 32.5 Å². The molecule has 1 fully saturated rings. The first kappa shape index (κ1) is 19.3. The second-order valence-corrected chi connectivity index (χ2v) is 7.23. The standard InChI is InChI=1S/C22H24F2N2O/c1-16-8-17(11-23)10-18(9-16)13-27-14-20-12-26(15-25)7-6-22(20)19-2-4-21(24)5-3-19/h2-5,8-10,20,22H,6-7,11-14H2,1H3/t20-,22-/m0/s1. The van der Waals surface area contributed by atoms with E-state index in [4.69, 9.17) is 4.74 Å². The molecule has 27 heavy (non-hydrogen) atoms. The van der Waals surface area contributed by atoms with Crippen LogP contribution in [0.3, 0.4) is 0 Å². The first-order valence-corrected chi connectivity index (χ1v) is 9.22. The Kier molecular flexibility index (Phi) is 6.41. The fraction of sp³-hybridized carbons (Fsp3) is 0.409. The number of alkyl halides is 1. The molecule has 3 nitrogen and oxygen atoms in total. The average molecular weight is 370 g/mol. The van der Waals surface area contributed by atoms with Gasteiger partial charge in [-0.25, -0.2) is 8.78 Å². The van der Waals surface area contributed by atoms with Gasteiger partial charge in [-0.3, -0.25) is 0 Å². The van der Waals surface area contributed by atoms with Gasteiger partial charge in [0.2, 0.25) is 0 Å². The highest BCUT2D eigenvalue weighted by Crippen LogP contribution is 2.33. The van der Waals surface area contributed by atoms with Crippen molar-refractivity contribution >= 4 is 0 Å². The summed E-state index contributed by atoms with van der Waals surface area (Å²) >= 11 is 0. The lowest BCUT2D eigenvalue weighted by atomic mass is 9.81. The third-order valence-electron chi connectivity index (χ3n) is 5.13. The molecule has 0 radical (unpaired) electrons. The summed E-state index contributed by atoms with van der Waals surface area (Å²) in [5, 5.41) is 9.24. The van der Waals surface area contributed by atoms with Crippen LogP contribution in [0.1, 0.15) is 34.6 Å². The van der Waals surface area contributed by atoms with Gasteiger partial charge in [-0.05, 0) is 48.1 Å². The van der Waals surface area contributed by atoms with Gasteiger partial charge in [0.15, 0.2) is 6.19 Å². The normalized spacial score (nSPS) is 19.7. The molecule has 0 amide bonds. The van der Waals surface area contributed by atoms with Crippen LogP contribution in [0.15, 0.2) is 42.5 Å². The zero-order valence-electron chi connectivity index (χ0n) is 15.5. The number of piperidine rings is 1. The summed E-state index contributed by atoms with van der Waals surface area (Å²) in [6, 6.07) is 12.3. The number of hydrogen-bond acceptors (Lipinski definition) is 3. The number of benzene rings is 2. The van der Waals surface area contributed by atoms with Gasteiger partial charge in [0.25, 0.3) is 0 Å². The molecule has 2 atom stereocenters. The van der Waals surface area contributed by atoms with Crippen molar-refractivity contribution in [1.82, 2.24) is 4.90 Å². The molecule has 2 aromatic carbocycles. The Hall–Kier alpha value is -2.45. The van der Waals surface area contributed by atoms with Crippen LogP contribution < -0.4 is 0 Å². The minimum Gasteiger partial charge on any atom is -0.376 e. The van der Waals surface area contributed by atoms with Gasteiger partial charge in [0.05, 0.1) is 13.2 Å². The van der Waals surface area contributed by atoms with Crippen LogP contribution in [-0.2, 0) is 18.0 Å². The second kappa shape index (κ2) is 8.96. The molecule has 3 rings (SSSR count). The van der Waals surface area contributed by atoms with Crippen molar-refractivity contribution in [3.63, 3.8) is 0 Å². The van der Waals surface area contributed by atoms with Crippen LogP contribution in [0.25, 0.3) is 0 Å². The minimum atomic E-state index is -0.485. The van der Waals surface area contributed by atoms with Crippen molar-refractivity contribution in [3.8, 4) is 6.19 Å². The largest absolute Gasteiger partial charge is 0.376 e. The summed E-state index contributed by atoms with van der Waals surface area (Å²) in [4.78, 5) is 1.75. The molecule has 142 valence electrons. The summed E-state index contributed by atoms with van der Waals surface area (Å²) in [5.41, 5.74) is 3.71. The van der Waals surface area contributed by atoms with Crippen LogP contribution in [0, 0.1) is 30.1 Å². The predicted octanol–water partition coefficient (Wildman–Crippen LogP) is 4.71. The van der Waals surface area contributed by atoms with E-state index in [0.29, 0.717) is 31.9 Å². The van der Waals surface area contributed by atoms with Crippen molar-refractivity contribution in [1.29, 1.82) is 5.26 Å². The van der Waals surface area contributed by atoms with Crippen LogP contribution >= 0.6 is 0 Å². The lowest BCUT2D eigenvalue weighted by molar-refractivity contribution is 0.0530. The Labute approximate surface area is 159 Å². The smallest absolute Gasteiger partial charge is 0.179 e. The third kappa shape index (κ3) is 5.05. The highest BCUT2D eigenvalue weighted by molar-refractivity contribution is 5.28. The predicted molar refractivity (Wildman–Crippen MR) is 100 cm³/mol. The molecule has 0 aromatic heterocycles. The molecule has 1 saturated heterocycles. The zero-order chi connectivity index (χ0) is 19.2. The van der Waals surface area contributed by atoms with Gasteiger partial charge in [-0.2, -0.15) is 5.26 Å². The molecular formula is C22H24F2N2O. The van der Waals surface area contributed by atoms with E-state index in [2.05, 4.69) is 6.19 Å². The number of ether oxygens (including phenoxy) is 1. The molecule has 0 unspecified atom stereocenters. The van der Waals surface area contributed by atoms with Gasteiger partial charge in [-0.15, -0.1) is 0 Å². The highest BCUT2D eigenvalue weighted by atomic mass is 19.1. The maximum Gasteiger partial charge on any atom is 0.179 e. The maximum absolute atomic E-state index is 13.2. The number of nitriles is 1. The monoisotopic (exact) mass is 370 g/mol. The van der Waals surface area contributed by atoms with Crippen LogP contribution in [-0.4, -0.2) is 24.6 Å². The average Bonchev–Trinajstić information content (AvgIpc) is 2.68. The number of halogens is 2. The van der Waals surface area contributed by atoms with Crippen molar-refractivity contribution in [3.05, 3.63) is 70.5 Å². The van der Waals surface area contributed by atoms with E-state index in [0.717, 1.165) is 23.1 Å². The third-order valence-corrected chi connectivity index (χ3v) is 5.13. The minimum absolute atomic E-state index is 0.148. The maximum atomic E-state index is 13.2. The van der Waals surface area contributed by atoms with Gasteiger partial charge in [-0.1, -0.05) is 35.9 Å². The number of nitrogens with zero attached hydrogens (tertiary/aromatic N) is 2. The second-order valence-electron chi connectivity index (χ2n) is 7.23. The molecule has 0 N–H and O–H groups in total. The van der Waals surface area contributed by atoms with Crippen molar-refractivity contribution in [2.75, 3.05) is 19.7 Å². The van der Waals surface area contributed by atoms with Crippen molar-refractivity contribution < 1.29 is 13.5 Å². The Balaban J connectivity index is 1.66. The van der Waals surface area contributed by atoms with E-state index in [-0.39, 0.29) is 17.7 Å². The Bertz CT molecular complexity index is 801. The molecule has 1 aliphatic heterocycles. The molecule has 5 heteroatoms. The van der Waals surface area contributed by atoms with Crippen LogP contribution in [0.5, 0.6) is 0 Å². The summed E-state index contributed by atoms with van der Waals surface area (Å²) < 4.78 is 32.1. The lowest BCUT2D eigenvalue weighted by Crippen LogP contribution is -2.38. The summed E-state index contributed by atoms with van der Waals surface area (Å²) in [6.07, 6.45) is 3.06. The molecule has 1 heterocycles. The Morgan fingerprint density at radius 2 is 1.93 bits per heavy atom. The zero-order valence-corrected chi connectivity index (χ0v) is 15.5. The molecule has 2 aromatic rings. The van der Waals surface area contributed by atoms with E-state index < -0.39 is 6.67 Å². The summed E-state index contributed by atoms with van der Waals surface area (Å²) in [5.74, 6) is 0.132. The quantitative estimate of drug-likeness (QED) is 0.691. The van der Waals surface area contributed by atoms with E-state index >= 15 is 0 Å². The fourth-order valence-corrected chi connectivity index (χ4v) is 3.88. The molecule has 0 aliphatic carbocycles. The Morgan fingerprint density at radius 1 is 1.19 bits per heavy atom. The lowest BCUT2D eigenvalue weighted by Gasteiger charge is -2.36. The topological polar surface area (TPSA) is 36.3 Å². The van der Waals surface area contributed by atoms with Gasteiger partial charge in [0, 0.05) is 19.0 Å². The first-order chi connectivity index (χ1) is 13.1. The fourth-order valence-electron chi connectivity index (χ4n) is 3.88. The van der Waals surface area contributed by atoms with Crippen LogP contribution in [0.2, 0.25) is 0 Å². The Morgan fingerprint density at radius 3 is 2.63 bits per heavy atom. The molecule has 0 bridgehead atoms. The van der Waals surface area contributed by atoms with E-state index in [9.17, 15) is 14.0 Å². The summed E-state index contributed by atoms with van der Waals surface area (Å²) in [6.45, 7) is 3.70. The molecular weight excluding hydrogens is 346 g/mol. The number of likely N-dealkylation sites (tertiary alicyclic amines) is 1. The van der Waals surface area contributed by atoms with Gasteiger partial charge >= 0.3 is 0 Å². The van der Waals surface area contributed by atoms with Gasteiger partial charge in [0.1, 0.15) is 12.5 Å². The highest BCUT2D eigenvalue weighted by Gasteiger charge is 2.30. The van der Waals surface area contributed by atoms with E-state index in [1.54, 1.807) is 4.90 Å². The van der Waals surface area contributed by atoms with Crippen LogP contribution in [0.4, 0.5) is 8.78 Å². The van der Waals surface area contributed by atoms with Gasteiger partial charge < -0.3 is 9.64 Å². The number of rotatable bonds is 6. The number of aryl methyl sites for hydroxylation is 1. The van der Waals surface area contributed by atoms with E-state index in [1.807, 2.05) is 37.3 Å². The molecule has 0 spiro atoms. The van der Waals surface area contributed by atoms with E-state index in [1.165, 1.54) is 12.1 Å².